The van der Waals surface area contributed by atoms with Gasteiger partial charge in [0.05, 0.1) is 14.2 Å². The standard InChI is InChI=1S/C31H36N2O5/c1-20-9-8-12-26(21(20)2)31(36)33(24-15-18-27(37-3)28(19-24)38-4)29(22-13-16-25(34)17-14-22)30(35)32-23-10-6-5-7-11-23/h8-9,12-19,23,29,34H,5-7,10-11H2,1-4H3,(H,32,35). The molecule has 7 nitrogen and oxygen atoms in total. The van der Waals surface area contributed by atoms with Crippen molar-refractivity contribution in [1.82, 2.24) is 5.32 Å². The number of hydrogen-bond donors (Lipinski definition) is 2. The number of amides is 2. The first kappa shape index (κ1) is 27.0. The first-order valence-corrected chi connectivity index (χ1v) is 13.0. The van der Waals surface area contributed by atoms with Crippen molar-refractivity contribution in [2.75, 3.05) is 19.1 Å². The second-order valence-corrected chi connectivity index (χ2v) is 9.80. The molecular weight excluding hydrogens is 480 g/mol. The summed E-state index contributed by atoms with van der Waals surface area (Å²) in [6.45, 7) is 3.87. The lowest BCUT2D eigenvalue weighted by atomic mass is 9.94. The van der Waals surface area contributed by atoms with E-state index in [0.29, 0.717) is 28.3 Å². The van der Waals surface area contributed by atoms with Gasteiger partial charge in [-0.15, -0.1) is 0 Å². The molecule has 0 heterocycles. The highest BCUT2D eigenvalue weighted by Crippen LogP contribution is 2.37. The number of nitrogens with one attached hydrogen (secondary N) is 1. The molecule has 3 aromatic carbocycles. The van der Waals surface area contributed by atoms with Crippen LogP contribution in [0.2, 0.25) is 0 Å². The second-order valence-electron chi connectivity index (χ2n) is 9.80. The fourth-order valence-corrected chi connectivity index (χ4v) is 5.07. The highest BCUT2D eigenvalue weighted by atomic mass is 16.5. The van der Waals surface area contributed by atoms with E-state index in [9.17, 15) is 14.7 Å². The maximum Gasteiger partial charge on any atom is 0.259 e. The fourth-order valence-electron chi connectivity index (χ4n) is 5.07. The number of carbonyl (C=O) groups excluding carboxylic acids is 2. The van der Waals surface area contributed by atoms with E-state index < -0.39 is 6.04 Å². The highest BCUT2D eigenvalue weighted by molar-refractivity contribution is 6.11. The van der Waals surface area contributed by atoms with Crippen LogP contribution in [0.25, 0.3) is 0 Å². The van der Waals surface area contributed by atoms with E-state index in [-0.39, 0.29) is 23.6 Å². The van der Waals surface area contributed by atoms with Crippen molar-refractivity contribution in [1.29, 1.82) is 0 Å². The minimum atomic E-state index is -0.983. The summed E-state index contributed by atoms with van der Waals surface area (Å²) in [6, 6.07) is 16.3. The Hall–Kier alpha value is -4.00. The monoisotopic (exact) mass is 516 g/mol. The average molecular weight is 517 g/mol. The van der Waals surface area contributed by atoms with Crippen LogP contribution in [0.15, 0.2) is 60.7 Å². The number of rotatable bonds is 8. The number of aromatic hydroxyl groups is 1. The fraction of sp³-hybridized carbons (Fsp3) is 0.355. The van der Waals surface area contributed by atoms with Crippen LogP contribution in [0.3, 0.4) is 0 Å². The summed E-state index contributed by atoms with van der Waals surface area (Å²) in [7, 11) is 3.08. The van der Waals surface area contributed by atoms with Crippen molar-refractivity contribution >= 4 is 17.5 Å². The third-order valence-corrected chi connectivity index (χ3v) is 7.37. The Morgan fingerprint density at radius 3 is 2.26 bits per heavy atom. The molecule has 1 unspecified atom stereocenters. The highest BCUT2D eigenvalue weighted by Gasteiger charge is 2.35. The Morgan fingerprint density at radius 1 is 0.921 bits per heavy atom. The van der Waals surface area contributed by atoms with Crippen LogP contribution in [0.1, 0.15) is 65.2 Å². The first-order chi connectivity index (χ1) is 18.3. The van der Waals surface area contributed by atoms with E-state index >= 15 is 0 Å². The van der Waals surface area contributed by atoms with Crippen molar-refractivity contribution in [2.45, 2.75) is 58.0 Å². The lowest BCUT2D eigenvalue weighted by Gasteiger charge is -2.34. The first-order valence-electron chi connectivity index (χ1n) is 13.0. The largest absolute Gasteiger partial charge is 0.508 e. The Morgan fingerprint density at radius 2 is 1.61 bits per heavy atom. The van der Waals surface area contributed by atoms with E-state index in [1.165, 1.54) is 24.1 Å². The second kappa shape index (κ2) is 12.0. The summed E-state index contributed by atoms with van der Waals surface area (Å²) in [5, 5.41) is 13.2. The van der Waals surface area contributed by atoms with Crippen molar-refractivity contribution in [2.24, 2.45) is 0 Å². The van der Waals surface area contributed by atoms with Crippen LogP contribution >= 0.6 is 0 Å². The Kier molecular flexibility index (Phi) is 8.56. The summed E-state index contributed by atoms with van der Waals surface area (Å²) < 4.78 is 11.0. The predicted octanol–water partition coefficient (Wildman–Crippen LogP) is 5.86. The van der Waals surface area contributed by atoms with Gasteiger partial charge in [-0.2, -0.15) is 0 Å². The molecule has 1 fully saturated rings. The normalized spacial score (nSPS) is 14.4. The molecule has 0 saturated heterocycles. The number of benzene rings is 3. The van der Waals surface area contributed by atoms with Gasteiger partial charge < -0.3 is 19.9 Å². The van der Waals surface area contributed by atoms with Gasteiger partial charge in [-0.05, 0) is 73.7 Å². The van der Waals surface area contributed by atoms with Crippen LogP contribution in [-0.2, 0) is 4.79 Å². The van der Waals surface area contributed by atoms with E-state index in [0.717, 1.165) is 43.2 Å². The maximum atomic E-state index is 14.4. The lowest BCUT2D eigenvalue weighted by Crippen LogP contribution is -2.47. The van der Waals surface area contributed by atoms with Crippen LogP contribution in [0.4, 0.5) is 5.69 Å². The van der Waals surface area contributed by atoms with E-state index in [1.54, 1.807) is 43.5 Å². The van der Waals surface area contributed by atoms with Gasteiger partial charge in [-0.3, -0.25) is 14.5 Å². The molecule has 2 N–H and O–H groups in total. The van der Waals surface area contributed by atoms with Crippen molar-refractivity contribution in [3.05, 3.63) is 82.9 Å². The van der Waals surface area contributed by atoms with E-state index in [1.807, 2.05) is 26.0 Å². The number of carbonyl (C=O) groups is 2. The van der Waals surface area contributed by atoms with Gasteiger partial charge in [-0.25, -0.2) is 0 Å². The molecular formula is C31H36N2O5. The van der Waals surface area contributed by atoms with E-state index in [4.69, 9.17) is 9.47 Å². The zero-order chi connectivity index (χ0) is 27.2. The maximum absolute atomic E-state index is 14.4. The molecule has 0 spiro atoms. The van der Waals surface area contributed by atoms with Crippen LogP contribution in [0.5, 0.6) is 17.2 Å². The quantitative estimate of drug-likeness (QED) is 0.391. The number of aryl methyl sites for hydroxylation is 1. The number of phenols is 1. The number of phenolic OH excluding ortho intramolecular Hbond substituents is 1. The minimum absolute atomic E-state index is 0.0546. The smallest absolute Gasteiger partial charge is 0.259 e. The number of ether oxygens (including phenoxy) is 2. The van der Waals surface area contributed by atoms with Crippen LogP contribution in [0, 0.1) is 13.8 Å². The lowest BCUT2D eigenvalue weighted by molar-refractivity contribution is -0.123. The molecule has 1 aliphatic carbocycles. The molecule has 7 heteroatoms. The van der Waals surface area contributed by atoms with Gasteiger partial charge in [0.1, 0.15) is 11.8 Å². The summed E-state index contributed by atoms with van der Waals surface area (Å²) in [5.41, 5.74) is 3.42. The Balaban J connectivity index is 1.88. The van der Waals surface area contributed by atoms with Crippen molar-refractivity contribution < 1.29 is 24.2 Å². The average Bonchev–Trinajstić information content (AvgIpc) is 2.93. The number of nitrogens with zero attached hydrogens (tertiary/aromatic N) is 1. The van der Waals surface area contributed by atoms with Crippen molar-refractivity contribution in [3.8, 4) is 17.2 Å². The van der Waals surface area contributed by atoms with Crippen LogP contribution in [-0.4, -0.2) is 37.2 Å². The third-order valence-electron chi connectivity index (χ3n) is 7.37. The molecule has 0 bridgehead atoms. The summed E-state index contributed by atoms with van der Waals surface area (Å²) >= 11 is 0. The van der Waals surface area contributed by atoms with Crippen LogP contribution < -0.4 is 19.7 Å². The molecule has 0 radical (unpaired) electrons. The molecule has 3 aromatic rings. The Labute approximate surface area is 224 Å². The zero-order valence-corrected chi connectivity index (χ0v) is 22.5. The molecule has 0 aromatic heterocycles. The number of anilines is 1. The van der Waals surface area contributed by atoms with Crippen molar-refractivity contribution in [3.63, 3.8) is 0 Å². The van der Waals surface area contributed by atoms with Gasteiger partial charge in [0.25, 0.3) is 5.91 Å². The molecule has 1 saturated carbocycles. The van der Waals surface area contributed by atoms with E-state index in [2.05, 4.69) is 5.32 Å². The number of hydrogen-bond acceptors (Lipinski definition) is 5. The van der Waals surface area contributed by atoms with Gasteiger partial charge in [0.2, 0.25) is 5.91 Å². The molecule has 38 heavy (non-hydrogen) atoms. The molecule has 1 atom stereocenters. The molecule has 0 aliphatic heterocycles. The predicted molar refractivity (Wildman–Crippen MR) is 148 cm³/mol. The van der Waals surface area contributed by atoms with Gasteiger partial charge in [0, 0.05) is 23.4 Å². The molecule has 200 valence electrons. The third kappa shape index (κ3) is 5.77. The SMILES string of the molecule is COc1ccc(N(C(=O)c2cccc(C)c2C)C(C(=O)NC2CCCCC2)c2ccc(O)cc2)cc1OC. The topological polar surface area (TPSA) is 88.1 Å². The van der Waals surface area contributed by atoms with Gasteiger partial charge in [0.15, 0.2) is 11.5 Å². The summed E-state index contributed by atoms with van der Waals surface area (Å²) in [4.78, 5) is 30.0. The minimum Gasteiger partial charge on any atom is -0.508 e. The zero-order valence-electron chi connectivity index (χ0n) is 22.5. The summed E-state index contributed by atoms with van der Waals surface area (Å²) in [6.07, 6.45) is 5.12. The molecule has 4 rings (SSSR count). The van der Waals surface area contributed by atoms with Gasteiger partial charge in [-0.1, -0.05) is 43.5 Å². The Bertz CT molecular complexity index is 1280. The number of methoxy groups -OCH3 is 2. The molecule has 1 aliphatic rings. The van der Waals surface area contributed by atoms with Gasteiger partial charge >= 0.3 is 0 Å². The molecule has 2 amide bonds. The summed E-state index contributed by atoms with van der Waals surface area (Å²) in [5.74, 6) is 0.467.